The van der Waals surface area contributed by atoms with E-state index in [-0.39, 0.29) is 11.9 Å². The van der Waals surface area contributed by atoms with Gasteiger partial charge in [-0.3, -0.25) is 10.1 Å². The van der Waals surface area contributed by atoms with E-state index in [9.17, 15) is 4.79 Å². The summed E-state index contributed by atoms with van der Waals surface area (Å²) in [5.41, 5.74) is 4.14. The van der Waals surface area contributed by atoms with E-state index in [4.69, 9.17) is 0 Å². The molecule has 0 aliphatic carbocycles. The van der Waals surface area contributed by atoms with Crippen LogP contribution < -0.4 is 5.32 Å². The molecular formula is C21H24N4O. The highest BCUT2D eigenvalue weighted by Crippen LogP contribution is 2.20. The van der Waals surface area contributed by atoms with E-state index in [1.54, 1.807) is 0 Å². The summed E-state index contributed by atoms with van der Waals surface area (Å²) in [5.74, 6) is 0.166. The largest absolute Gasteiger partial charge is 0.341 e. The number of carbonyl (C=O) groups excluding carboxylic acids is 1. The van der Waals surface area contributed by atoms with Crippen molar-refractivity contribution in [3.8, 4) is 0 Å². The molecule has 0 saturated carbocycles. The van der Waals surface area contributed by atoms with Gasteiger partial charge in [-0.2, -0.15) is 0 Å². The number of carbonyl (C=O) groups is 1. The summed E-state index contributed by atoms with van der Waals surface area (Å²) in [5, 5.41) is 3.48. The van der Waals surface area contributed by atoms with Crippen LogP contribution in [0.1, 0.15) is 35.8 Å². The maximum Gasteiger partial charge on any atom is 0.244 e. The van der Waals surface area contributed by atoms with E-state index in [1.165, 1.54) is 0 Å². The minimum Gasteiger partial charge on any atom is -0.341 e. The Labute approximate surface area is 153 Å². The third-order valence-corrected chi connectivity index (χ3v) is 5.08. The molecule has 1 aliphatic rings. The van der Waals surface area contributed by atoms with E-state index in [0.29, 0.717) is 6.54 Å². The van der Waals surface area contributed by atoms with Gasteiger partial charge in [-0.05, 0) is 37.5 Å². The minimum absolute atomic E-state index is 0.166. The lowest BCUT2D eigenvalue weighted by atomic mass is 10.1. The summed E-state index contributed by atoms with van der Waals surface area (Å²) < 4.78 is 2.13. The molecule has 1 saturated heterocycles. The van der Waals surface area contributed by atoms with Crippen LogP contribution >= 0.6 is 0 Å². The molecule has 0 bridgehead atoms. The maximum absolute atomic E-state index is 13.1. The predicted molar refractivity (Wildman–Crippen MR) is 102 cm³/mol. The Hall–Kier alpha value is -2.66. The molecule has 1 amide bonds. The van der Waals surface area contributed by atoms with E-state index < -0.39 is 0 Å². The van der Waals surface area contributed by atoms with Crippen molar-refractivity contribution in [2.75, 3.05) is 13.1 Å². The normalized spacial score (nSPS) is 15.5. The Kier molecular flexibility index (Phi) is 4.71. The number of likely N-dealkylation sites (tertiary alicyclic amines) is 1. The van der Waals surface area contributed by atoms with Crippen molar-refractivity contribution in [3.05, 3.63) is 71.7 Å². The van der Waals surface area contributed by atoms with Crippen molar-refractivity contribution >= 4 is 11.6 Å². The summed E-state index contributed by atoms with van der Waals surface area (Å²) in [7, 11) is 0. The highest BCUT2D eigenvalue weighted by atomic mass is 16.2. The molecule has 1 unspecified atom stereocenters. The van der Waals surface area contributed by atoms with E-state index in [0.717, 1.165) is 48.5 Å². The summed E-state index contributed by atoms with van der Waals surface area (Å²) in [6.07, 6.45) is 4.08. The molecule has 1 aromatic carbocycles. The highest BCUT2D eigenvalue weighted by Gasteiger charge is 2.27. The number of aromatic nitrogens is 2. The van der Waals surface area contributed by atoms with Gasteiger partial charge in [0.05, 0.1) is 11.9 Å². The lowest BCUT2D eigenvalue weighted by Gasteiger charge is -2.24. The van der Waals surface area contributed by atoms with Crippen LogP contribution in [0.5, 0.6) is 0 Å². The van der Waals surface area contributed by atoms with E-state index in [2.05, 4.69) is 27.7 Å². The molecule has 0 radical (unpaired) electrons. The molecule has 0 spiro atoms. The Bertz CT molecular complexity index is 897. The predicted octanol–water partition coefficient (Wildman–Crippen LogP) is 3.10. The first kappa shape index (κ1) is 16.8. The van der Waals surface area contributed by atoms with Gasteiger partial charge >= 0.3 is 0 Å². The van der Waals surface area contributed by atoms with Gasteiger partial charge in [0.2, 0.25) is 5.91 Å². The molecule has 1 fully saturated rings. The number of nitrogens with one attached hydrogen (secondary N) is 1. The fraction of sp³-hybridized carbons (Fsp3) is 0.333. The van der Waals surface area contributed by atoms with Crippen LogP contribution in [-0.2, 0) is 11.3 Å². The molecule has 1 N–H and O–H groups in total. The molecule has 26 heavy (non-hydrogen) atoms. The Balaban J connectivity index is 1.59. The van der Waals surface area contributed by atoms with Crippen LogP contribution in [0.4, 0.5) is 0 Å². The lowest BCUT2D eigenvalue weighted by Crippen LogP contribution is -2.39. The van der Waals surface area contributed by atoms with Crippen molar-refractivity contribution in [1.82, 2.24) is 19.6 Å². The fourth-order valence-corrected chi connectivity index (χ4v) is 3.72. The minimum atomic E-state index is -0.330. The topological polar surface area (TPSA) is 49.6 Å². The second-order valence-electron chi connectivity index (χ2n) is 6.87. The SMILES string of the molecule is Cc1cccc2ncc(CNC(C(=O)N3CCCC3)c3ccccc3)n12. The lowest BCUT2D eigenvalue weighted by molar-refractivity contribution is -0.132. The molecular weight excluding hydrogens is 324 g/mol. The van der Waals surface area contributed by atoms with Crippen molar-refractivity contribution in [2.24, 2.45) is 0 Å². The van der Waals surface area contributed by atoms with Crippen LogP contribution in [0.2, 0.25) is 0 Å². The van der Waals surface area contributed by atoms with Crippen molar-refractivity contribution < 1.29 is 4.79 Å². The van der Waals surface area contributed by atoms with Crippen LogP contribution in [0.3, 0.4) is 0 Å². The molecule has 134 valence electrons. The molecule has 3 aromatic rings. The molecule has 1 aliphatic heterocycles. The zero-order valence-electron chi connectivity index (χ0n) is 15.1. The molecule has 5 nitrogen and oxygen atoms in total. The third kappa shape index (κ3) is 3.22. The van der Waals surface area contributed by atoms with E-state index in [1.807, 2.05) is 53.6 Å². The maximum atomic E-state index is 13.1. The van der Waals surface area contributed by atoms with Gasteiger partial charge in [-0.1, -0.05) is 36.4 Å². The van der Waals surface area contributed by atoms with Gasteiger partial charge in [-0.25, -0.2) is 4.98 Å². The third-order valence-electron chi connectivity index (χ3n) is 5.08. The molecule has 5 heteroatoms. The molecule has 2 aromatic heterocycles. The summed E-state index contributed by atoms with van der Waals surface area (Å²) in [6.45, 7) is 4.38. The van der Waals surface area contributed by atoms with Crippen LogP contribution in [0.25, 0.3) is 5.65 Å². The smallest absolute Gasteiger partial charge is 0.244 e. The molecule has 1 atom stereocenters. The number of fused-ring (bicyclic) bond motifs is 1. The number of aryl methyl sites for hydroxylation is 1. The molecule has 4 rings (SSSR count). The first-order chi connectivity index (χ1) is 12.7. The quantitative estimate of drug-likeness (QED) is 0.771. The second kappa shape index (κ2) is 7.30. The first-order valence-electron chi connectivity index (χ1n) is 9.23. The van der Waals surface area contributed by atoms with Crippen molar-refractivity contribution in [2.45, 2.75) is 32.4 Å². The Morgan fingerprint density at radius 3 is 2.65 bits per heavy atom. The van der Waals surface area contributed by atoms with Gasteiger partial charge in [0.1, 0.15) is 11.7 Å². The monoisotopic (exact) mass is 348 g/mol. The fourth-order valence-electron chi connectivity index (χ4n) is 3.72. The summed E-state index contributed by atoms with van der Waals surface area (Å²) in [6, 6.07) is 15.7. The first-order valence-corrected chi connectivity index (χ1v) is 9.23. The number of hydrogen-bond acceptors (Lipinski definition) is 3. The standard InChI is InChI=1S/C21H24N4O/c1-16-8-7-11-19-22-14-18(25(16)19)15-23-20(17-9-3-2-4-10-17)21(26)24-12-5-6-13-24/h2-4,7-11,14,20,23H,5-6,12-13,15H2,1H3. The van der Waals surface area contributed by atoms with Gasteiger partial charge in [0, 0.05) is 25.3 Å². The zero-order chi connectivity index (χ0) is 17.9. The average molecular weight is 348 g/mol. The van der Waals surface area contributed by atoms with Gasteiger partial charge in [-0.15, -0.1) is 0 Å². The summed E-state index contributed by atoms with van der Waals surface area (Å²) in [4.78, 5) is 19.5. The van der Waals surface area contributed by atoms with Crippen LogP contribution in [0.15, 0.2) is 54.7 Å². The van der Waals surface area contributed by atoms with Gasteiger partial charge in [0.15, 0.2) is 0 Å². The van der Waals surface area contributed by atoms with Crippen LogP contribution in [-0.4, -0.2) is 33.3 Å². The summed E-state index contributed by atoms with van der Waals surface area (Å²) >= 11 is 0. The zero-order valence-corrected chi connectivity index (χ0v) is 15.1. The number of imidazole rings is 1. The second-order valence-corrected chi connectivity index (χ2v) is 6.87. The Morgan fingerprint density at radius 1 is 1.12 bits per heavy atom. The van der Waals surface area contributed by atoms with Crippen molar-refractivity contribution in [3.63, 3.8) is 0 Å². The number of rotatable bonds is 5. The van der Waals surface area contributed by atoms with Gasteiger partial charge < -0.3 is 9.30 Å². The number of amides is 1. The van der Waals surface area contributed by atoms with Crippen LogP contribution in [0, 0.1) is 6.92 Å². The number of nitrogens with zero attached hydrogens (tertiary/aromatic N) is 3. The van der Waals surface area contributed by atoms with Gasteiger partial charge in [0.25, 0.3) is 0 Å². The average Bonchev–Trinajstić information content (AvgIpc) is 3.33. The number of hydrogen-bond donors (Lipinski definition) is 1. The number of pyridine rings is 1. The highest BCUT2D eigenvalue weighted by molar-refractivity contribution is 5.83. The van der Waals surface area contributed by atoms with E-state index >= 15 is 0 Å². The number of benzene rings is 1. The molecule has 3 heterocycles. The Morgan fingerprint density at radius 2 is 1.88 bits per heavy atom. The van der Waals surface area contributed by atoms with Crippen molar-refractivity contribution in [1.29, 1.82) is 0 Å².